The third-order valence-corrected chi connectivity index (χ3v) is 7.09. The molecule has 2 atom stereocenters. The predicted octanol–water partition coefficient (Wildman–Crippen LogP) is 5.95. The Kier molecular flexibility index (Phi) is 6.80. The van der Waals surface area contributed by atoms with Crippen LogP contribution in [0.4, 0.5) is 0 Å². The molecule has 4 rings (SSSR count). The number of halogens is 1. The number of thiazole rings is 1. The number of amides is 1. The Hall–Kier alpha value is -2.15. The second kappa shape index (κ2) is 9.55. The zero-order chi connectivity index (χ0) is 22.0. The van der Waals surface area contributed by atoms with Crippen LogP contribution in [-0.4, -0.2) is 34.2 Å². The van der Waals surface area contributed by atoms with Crippen LogP contribution in [0.2, 0.25) is 5.02 Å². The van der Waals surface area contributed by atoms with Crippen LogP contribution < -0.4 is 5.32 Å². The van der Waals surface area contributed by atoms with Crippen LogP contribution in [-0.2, 0) is 11.3 Å². The van der Waals surface area contributed by atoms with Gasteiger partial charge in [0.25, 0.3) is 5.91 Å². The Bertz CT molecular complexity index is 1070. The van der Waals surface area contributed by atoms with E-state index >= 15 is 0 Å². The Labute approximate surface area is 192 Å². The molecule has 1 saturated heterocycles. The molecule has 2 unspecified atom stereocenters. The van der Waals surface area contributed by atoms with E-state index in [1.165, 1.54) is 0 Å². The van der Waals surface area contributed by atoms with Gasteiger partial charge in [-0.05, 0) is 45.2 Å². The molecule has 1 amide bonds. The van der Waals surface area contributed by atoms with E-state index in [4.69, 9.17) is 21.3 Å². The number of rotatable bonds is 7. The zero-order valence-corrected chi connectivity index (χ0v) is 19.7. The van der Waals surface area contributed by atoms with E-state index in [2.05, 4.69) is 16.8 Å². The molecule has 3 aromatic rings. The number of hydrogen-bond donors (Lipinski definition) is 1. The van der Waals surface area contributed by atoms with Crippen LogP contribution in [0.25, 0.3) is 22.0 Å². The molecule has 31 heavy (non-hydrogen) atoms. The maximum absolute atomic E-state index is 12.9. The standard InChI is InChI=1S/C24H28ClN3O2S/c1-4-15(2)26-23(29)19-12-22(28(16(19)3)13-17-8-7-11-30-17)21-14-31-24(27-21)18-9-5-6-10-20(18)25/h5-6,9-10,12,14-15,17H,4,7-8,11,13H2,1-3H3,(H,26,29). The van der Waals surface area contributed by atoms with E-state index in [-0.39, 0.29) is 18.1 Å². The molecule has 164 valence electrons. The van der Waals surface area contributed by atoms with E-state index in [1.807, 2.05) is 49.6 Å². The average molecular weight is 458 g/mol. The van der Waals surface area contributed by atoms with Gasteiger partial charge in [-0.25, -0.2) is 4.98 Å². The molecule has 0 spiro atoms. The molecule has 3 heterocycles. The van der Waals surface area contributed by atoms with Gasteiger partial charge in [-0.2, -0.15) is 0 Å². The van der Waals surface area contributed by atoms with Gasteiger partial charge in [-0.3, -0.25) is 4.79 Å². The van der Waals surface area contributed by atoms with Crippen molar-refractivity contribution >= 4 is 28.8 Å². The molecule has 1 aromatic carbocycles. The molecule has 2 aromatic heterocycles. The highest BCUT2D eigenvalue weighted by atomic mass is 35.5. The molecule has 1 fully saturated rings. The van der Waals surface area contributed by atoms with Gasteiger partial charge < -0.3 is 14.6 Å². The summed E-state index contributed by atoms with van der Waals surface area (Å²) in [4.78, 5) is 17.8. The number of aromatic nitrogens is 2. The van der Waals surface area contributed by atoms with Crippen molar-refractivity contribution < 1.29 is 9.53 Å². The molecule has 1 aliphatic rings. The second-order valence-corrected chi connectivity index (χ2v) is 9.34. The van der Waals surface area contributed by atoms with Gasteiger partial charge in [-0.15, -0.1) is 11.3 Å². The first-order valence-corrected chi connectivity index (χ1v) is 12.1. The lowest BCUT2D eigenvalue weighted by Gasteiger charge is -2.16. The summed E-state index contributed by atoms with van der Waals surface area (Å²) in [5, 5.41) is 6.68. The van der Waals surface area contributed by atoms with E-state index in [1.54, 1.807) is 11.3 Å². The first-order chi connectivity index (χ1) is 15.0. The Balaban J connectivity index is 1.72. The van der Waals surface area contributed by atoms with Crippen molar-refractivity contribution in [1.29, 1.82) is 0 Å². The number of hydrogen-bond acceptors (Lipinski definition) is 4. The highest BCUT2D eigenvalue weighted by Gasteiger charge is 2.24. The van der Waals surface area contributed by atoms with Crippen molar-refractivity contribution in [2.24, 2.45) is 0 Å². The minimum Gasteiger partial charge on any atom is -0.376 e. The summed E-state index contributed by atoms with van der Waals surface area (Å²) >= 11 is 7.94. The third-order valence-electron chi connectivity index (χ3n) is 5.88. The van der Waals surface area contributed by atoms with Crippen LogP contribution in [0.3, 0.4) is 0 Å². The Morgan fingerprint density at radius 2 is 2.23 bits per heavy atom. The van der Waals surface area contributed by atoms with Crippen LogP contribution >= 0.6 is 22.9 Å². The van der Waals surface area contributed by atoms with Crippen LogP contribution in [0.15, 0.2) is 35.7 Å². The van der Waals surface area contributed by atoms with Crippen molar-refractivity contribution in [2.45, 2.75) is 58.7 Å². The Morgan fingerprint density at radius 3 is 2.94 bits per heavy atom. The van der Waals surface area contributed by atoms with E-state index < -0.39 is 0 Å². The molecule has 5 nitrogen and oxygen atoms in total. The van der Waals surface area contributed by atoms with E-state index in [0.29, 0.717) is 10.6 Å². The minimum atomic E-state index is -0.0410. The molecule has 0 radical (unpaired) electrons. The van der Waals surface area contributed by atoms with Crippen LogP contribution in [0, 0.1) is 6.92 Å². The van der Waals surface area contributed by atoms with Gasteiger partial charge in [0.15, 0.2) is 0 Å². The SMILES string of the molecule is CCC(C)NC(=O)c1cc(-c2csc(-c3ccccc3Cl)n2)n(CC2CCCO2)c1C. The third kappa shape index (κ3) is 4.71. The normalized spacial score (nSPS) is 17.1. The fraction of sp³-hybridized carbons (Fsp3) is 0.417. The van der Waals surface area contributed by atoms with E-state index in [9.17, 15) is 4.79 Å². The van der Waals surface area contributed by atoms with Gasteiger partial charge in [0.1, 0.15) is 5.01 Å². The average Bonchev–Trinajstić information content (AvgIpc) is 3.50. The first-order valence-electron chi connectivity index (χ1n) is 10.8. The van der Waals surface area contributed by atoms with Crippen molar-refractivity contribution in [1.82, 2.24) is 14.9 Å². The van der Waals surface area contributed by atoms with Crippen molar-refractivity contribution in [3.63, 3.8) is 0 Å². The lowest BCUT2D eigenvalue weighted by molar-refractivity contribution is 0.0930. The van der Waals surface area contributed by atoms with Crippen molar-refractivity contribution in [3.8, 4) is 22.0 Å². The summed E-state index contributed by atoms with van der Waals surface area (Å²) in [5.41, 5.74) is 4.35. The maximum Gasteiger partial charge on any atom is 0.253 e. The number of nitrogens with one attached hydrogen (secondary N) is 1. The number of nitrogens with zero attached hydrogens (tertiary/aromatic N) is 2. The van der Waals surface area contributed by atoms with Gasteiger partial charge in [0.2, 0.25) is 0 Å². The van der Waals surface area contributed by atoms with Crippen molar-refractivity contribution in [3.05, 3.63) is 52.0 Å². The number of carbonyl (C=O) groups is 1. The maximum atomic E-state index is 12.9. The largest absolute Gasteiger partial charge is 0.376 e. The summed E-state index contributed by atoms with van der Waals surface area (Å²) in [7, 11) is 0. The van der Waals surface area contributed by atoms with Gasteiger partial charge in [-0.1, -0.05) is 36.7 Å². The van der Waals surface area contributed by atoms with Crippen LogP contribution in [0.5, 0.6) is 0 Å². The highest BCUT2D eigenvalue weighted by molar-refractivity contribution is 7.13. The molecule has 1 aliphatic heterocycles. The summed E-state index contributed by atoms with van der Waals surface area (Å²) in [5.74, 6) is -0.0410. The summed E-state index contributed by atoms with van der Waals surface area (Å²) in [6, 6.07) is 9.82. The predicted molar refractivity (Wildman–Crippen MR) is 127 cm³/mol. The second-order valence-electron chi connectivity index (χ2n) is 8.07. The summed E-state index contributed by atoms with van der Waals surface area (Å²) in [6.07, 6.45) is 3.17. The smallest absolute Gasteiger partial charge is 0.253 e. The first kappa shape index (κ1) is 22.1. The van der Waals surface area contributed by atoms with Crippen LogP contribution in [0.1, 0.15) is 49.2 Å². The summed E-state index contributed by atoms with van der Waals surface area (Å²) in [6.45, 7) is 7.61. The molecule has 1 N–H and O–H groups in total. The molecule has 0 saturated carbocycles. The number of benzene rings is 1. The molecule has 0 aliphatic carbocycles. The van der Waals surface area contributed by atoms with E-state index in [0.717, 1.165) is 60.1 Å². The molecule has 0 bridgehead atoms. The van der Waals surface area contributed by atoms with Gasteiger partial charge in [0.05, 0.1) is 28.1 Å². The van der Waals surface area contributed by atoms with Crippen molar-refractivity contribution in [2.75, 3.05) is 6.61 Å². The highest BCUT2D eigenvalue weighted by Crippen LogP contribution is 2.35. The topological polar surface area (TPSA) is 56.2 Å². The Morgan fingerprint density at radius 1 is 1.42 bits per heavy atom. The van der Waals surface area contributed by atoms with Gasteiger partial charge >= 0.3 is 0 Å². The fourth-order valence-corrected chi connectivity index (χ4v) is 5.00. The molecule has 7 heteroatoms. The minimum absolute atomic E-state index is 0.0410. The zero-order valence-electron chi connectivity index (χ0n) is 18.2. The fourth-order valence-electron chi connectivity index (χ4n) is 3.87. The lowest BCUT2D eigenvalue weighted by atomic mass is 10.2. The quantitative estimate of drug-likeness (QED) is 0.477. The number of carbonyl (C=O) groups excluding carboxylic acids is 1. The molecular formula is C24H28ClN3O2S. The molecular weight excluding hydrogens is 430 g/mol. The van der Waals surface area contributed by atoms with Gasteiger partial charge in [0, 0.05) is 35.8 Å². The monoisotopic (exact) mass is 457 g/mol. The lowest BCUT2D eigenvalue weighted by Crippen LogP contribution is -2.32. The number of ether oxygens (including phenoxy) is 1. The summed E-state index contributed by atoms with van der Waals surface area (Å²) < 4.78 is 8.08.